The smallest absolute Gasteiger partial charge is 0.311 e. The fourth-order valence-corrected chi connectivity index (χ4v) is 2.91. The average Bonchev–Trinajstić information content (AvgIpc) is 2.84. The van der Waals surface area contributed by atoms with Crippen LogP contribution in [-0.2, 0) is 4.79 Å². The quantitative estimate of drug-likeness (QED) is 0.924. The molecule has 21 heavy (non-hydrogen) atoms. The van der Waals surface area contributed by atoms with Gasteiger partial charge in [0.25, 0.3) is 0 Å². The Kier molecular flexibility index (Phi) is 4.21. The third kappa shape index (κ3) is 2.87. The van der Waals surface area contributed by atoms with Crippen LogP contribution < -0.4 is 4.90 Å². The number of nitrogens with zero attached hydrogens (tertiary/aromatic N) is 3. The summed E-state index contributed by atoms with van der Waals surface area (Å²) in [4.78, 5) is 22.9. The topological polar surface area (TPSA) is 66.3 Å². The molecule has 1 fully saturated rings. The number of carboxylic acid groups (broad SMARTS) is 1. The van der Waals surface area contributed by atoms with E-state index in [1.54, 1.807) is 0 Å². The second-order valence-electron chi connectivity index (χ2n) is 6.68. The van der Waals surface area contributed by atoms with Gasteiger partial charge in [-0.05, 0) is 31.2 Å². The Labute approximate surface area is 126 Å². The molecule has 1 aliphatic rings. The van der Waals surface area contributed by atoms with Gasteiger partial charge in [0.05, 0.1) is 5.41 Å². The van der Waals surface area contributed by atoms with E-state index in [9.17, 15) is 9.90 Å². The van der Waals surface area contributed by atoms with Crippen molar-refractivity contribution in [3.63, 3.8) is 0 Å². The van der Waals surface area contributed by atoms with Crippen molar-refractivity contribution < 1.29 is 9.90 Å². The van der Waals surface area contributed by atoms with Crippen LogP contribution in [0, 0.1) is 18.3 Å². The number of aliphatic carboxylic acids is 1. The summed E-state index contributed by atoms with van der Waals surface area (Å²) < 4.78 is 0. The first kappa shape index (κ1) is 15.7. The lowest BCUT2D eigenvalue weighted by Crippen LogP contribution is -2.39. The fraction of sp³-hybridized carbons (Fsp3) is 0.688. The van der Waals surface area contributed by atoms with Crippen LogP contribution >= 0.6 is 0 Å². The molecule has 2 heterocycles. The fourth-order valence-electron chi connectivity index (χ4n) is 2.91. The predicted molar refractivity (Wildman–Crippen MR) is 82.6 cm³/mol. The van der Waals surface area contributed by atoms with Crippen LogP contribution in [0.5, 0.6) is 0 Å². The first-order valence-electron chi connectivity index (χ1n) is 7.60. The van der Waals surface area contributed by atoms with Crippen LogP contribution in [0.25, 0.3) is 0 Å². The number of hydrogen-bond acceptors (Lipinski definition) is 4. The van der Waals surface area contributed by atoms with Crippen molar-refractivity contribution >= 4 is 11.9 Å². The van der Waals surface area contributed by atoms with Crippen LogP contribution in [0.1, 0.15) is 51.4 Å². The van der Waals surface area contributed by atoms with Gasteiger partial charge in [0, 0.05) is 24.5 Å². The molecule has 1 aliphatic heterocycles. The van der Waals surface area contributed by atoms with Crippen molar-refractivity contribution in [3.05, 3.63) is 17.5 Å². The zero-order chi connectivity index (χ0) is 15.8. The van der Waals surface area contributed by atoms with Gasteiger partial charge in [-0.15, -0.1) is 0 Å². The molecule has 1 aromatic rings. The van der Waals surface area contributed by atoms with Crippen LogP contribution in [0.3, 0.4) is 0 Å². The third-order valence-electron chi connectivity index (χ3n) is 4.57. The van der Waals surface area contributed by atoms with E-state index in [0.717, 1.165) is 11.4 Å². The standard InChI is InChI=1S/C16H25N3O2/c1-10(2)13-8-12(5)17-15(18-13)19-7-6-16(9-19,11(3)4)14(20)21/h8,10-11H,6-7,9H2,1-5H3,(H,20,21). The predicted octanol–water partition coefficient (Wildman–Crippen LogP) is 2.85. The highest BCUT2D eigenvalue weighted by Gasteiger charge is 2.48. The van der Waals surface area contributed by atoms with Crippen molar-refractivity contribution in [2.45, 2.75) is 47.0 Å². The molecule has 1 unspecified atom stereocenters. The van der Waals surface area contributed by atoms with Gasteiger partial charge in [-0.3, -0.25) is 4.79 Å². The van der Waals surface area contributed by atoms with E-state index in [1.807, 2.05) is 31.7 Å². The van der Waals surface area contributed by atoms with Crippen molar-refractivity contribution in [3.8, 4) is 0 Å². The van der Waals surface area contributed by atoms with E-state index < -0.39 is 11.4 Å². The molecule has 5 heteroatoms. The number of aromatic nitrogens is 2. The van der Waals surface area contributed by atoms with E-state index in [1.165, 1.54) is 0 Å². The van der Waals surface area contributed by atoms with Gasteiger partial charge in [0.1, 0.15) is 0 Å². The highest BCUT2D eigenvalue weighted by atomic mass is 16.4. The zero-order valence-corrected chi connectivity index (χ0v) is 13.6. The Bertz CT molecular complexity index is 542. The Morgan fingerprint density at radius 2 is 2.00 bits per heavy atom. The van der Waals surface area contributed by atoms with Gasteiger partial charge >= 0.3 is 5.97 Å². The van der Waals surface area contributed by atoms with Crippen molar-refractivity contribution in [2.24, 2.45) is 11.3 Å². The van der Waals surface area contributed by atoms with E-state index in [0.29, 0.717) is 31.4 Å². The maximum atomic E-state index is 11.7. The van der Waals surface area contributed by atoms with Crippen LogP contribution in [0.15, 0.2) is 6.07 Å². The van der Waals surface area contributed by atoms with Crippen LogP contribution in [0.4, 0.5) is 5.95 Å². The number of rotatable bonds is 4. The third-order valence-corrected chi connectivity index (χ3v) is 4.57. The molecule has 0 aliphatic carbocycles. The molecule has 0 bridgehead atoms. The lowest BCUT2D eigenvalue weighted by Gasteiger charge is -2.28. The average molecular weight is 291 g/mol. The maximum Gasteiger partial charge on any atom is 0.311 e. The van der Waals surface area contributed by atoms with Gasteiger partial charge in [-0.25, -0.2) is 9.97 Å². The van der Waals surface area contributed by atoms with E-state index >= 15 is 0 Å². The molecule has 5 nitrogen and oxygen atoms in total. The summed E-state index contributed by atoms with van der Waals surface area (Å²) in [6, 6.07) is 2.00. The number of hydrogen-bond donors (Lipinski definition) is 1. The molecule has 1 saturated heterocycles. The summed E-state index contributed by atoms with van der Waals surface area (Å²) in [6.45, 7) is 11.3. The minimum atomic E-state index is -0.711. The van der Waals surface area contributed by atoms with Gasteiger partial charge < -0.3 is 10.0 Å². The van der Waals surface area contributed by atoms with Gasteiger partial charge in [-0.1, -0.05) is 27.7 Å². The second kappa shape index (κ2) is 5.62. The minimum Gasteiger partial charge on any atom is -0.481 e. The molecule has 0 aromatic carbocycles. The Balaban J connectivity index is 2.31. The second-order valence-corrected chi connectivity index (χ2v) is 6.68. The zero-order valence-electron chi connectivity index (χ0n) is 13.6. The number of carboxylic acids is 1. The molecule has 1 aromatic heterocycles. The van der Waals surface area contributed by atoms with Gasteiger partial charge in [0.2, 0.25) is 5.95 Å². The number of aryl methyl sites for hydroxylation is 1. The maximum absolute atomic E-state index is 11.7. The van der Waals surface area contributed by atoms with Crippen molar-refractivity contribution in [1.29, 1.82) is 0 Å². The monoisotopic (exact) mass is 291 g/mol. The summed E-state index contributed by atoms with van der Waals surface area (Å²) in [7, 11) is 0. The largest absolute Gasteiger partial charge is 0.481 e. The SMILES string of the molecule is Cc1cc(C(C)C)nc(N2CCC(C(=O)O)(C(C)C)C2)n1. The summed E-state index contributed by atoms with van der Waals surface area (Å²) in [5, 5.41) is 9.63. The first-order chi connectivity index (χ1) is 9.76. The van der Waals surface area contributed by atoms with E-state index in [2.05, 4.69) is 23.8 Å². The molecular weight excluding hydrogens is 266 g/mol. The molecule has 0 spiro atoms. The molecule has 1 N–H and O–H groups in total. The Hall–Kier alpha value is -1.65. The molecule has 2 rings (SSSR count). The summed E-state index contributed by atoms with van der Waals surface area (Å²) in [5.74, 6) is 0.385. The minimum absolute atomic E-state index is 0.0920. The van der Waals surface area contributed by atoms with Gasteiger partial charge in [0.15, 0.2) is 0 Å². The van der Waals surface area contributed by atoms with E-state index in [-0.39, 0.29) is 5.92 Å². The highest BCUT2D eigenvalue weighted by Crippen LogP contribution is 2.39. The Morgan fingerprint density at radius 3 is 2.48 bits per heavy atom. The van der Waals surface area contributed by atoms with Crippen LogP contribution in [0.2, 0.25) is 0 Å². The van der Waals surface area contributed by atoms with E-state index in [4.69, 9.17) is 0 Å². The highest BCUT2D eigenvalue weighted by molar-refractivity contribution is 5.77. The molecule has 0 radical (unpaired) electrons. The Morgan fingerprint density at radius 1 is 1.33 bits per heavy atom. The van der Waals surface area contributed by atoms with Crippen molar-refractivity contribution in [2.75, 3.05) is 18.0 Å². The lowest BCUT2D eigenvalue weighted by atomic mass is 9.76. The van der Waals surface area contributed by atoms with Crippen molar-refractivity contribution in [1.82, 2.24) is 9.97 Å². The summed E-state index contributed by atoms with van der Waals surface area (Å²) in [5.41, 5.74) is 1.25. The first-order valence-corrected chi connectivity index (χ1v) is 7.60. The number of anilines is 1. The molecule has 0 amide bonds. The van der Waals surface area contributed by atoms with Gasteiger partial charge in [-0.2, -0.15) is 0 Å². The molecular formula is C16H25N3O2. The molecule has 116 valence electrons. The lowest BCUT2D eigenvalue weighted by molar-refractivity contribution is -0.150. The normalized spacial score (nSPS) is 22.3. The molecule has 0 saturated carbocycles. The summed E-state index contributed by atoms with van der Waals surface area (Å²) >= 11 is 0. The molecule has 1 atom stereocenters. The summed E-state index contributed by atoms with van der Waals surface area (Å²) in [6.07, 6.45) is 0.647. The van der Waals surface area contributed by atoms with Crippen LogP contribution in [-0.4, -0.2) is 34.1 Å². The number of carbonyl (C=O) groups is 1.